The lowest BCUT2D eigenvalue weighted by Gasteiger charge is -2.06. The molecule has 0 aliphatic heterocycles. The van der Waals surface area contributed by atoms with Gasteiger partial charge in [0, 0.05) is 27.4 Å². The molecule has 2 aromatic heterocycles. The summed E-state index contributed by atoms with van der Waals surface area (Å²) in [5.74, 6) is 0.779. The Bertz CT molecular complexity index is 924. The van der Waals surface area contributed by atoms with Crippen LogP contribution in [-0.2, 0) is 17.8 Å². The van der Waals surface area contributed by atoms with Crippen LogP contribution in [-0.4, -0.2) is 25.5 Å². The van der Waals surface area contributed by atoms with Crippen molar-refractivity contribution in [1.82, 2.24) is 24.9 Å². The second-order valence-electron chi connectivity index (χ2n) is 5.47. The first kappa shape index (κ1) is 16.9. The van der Waals surface area contributed by atoms with Gasteiger partial charge in [-0.15, -0.1) is 5.10 Å². The maximum Gasteiger partial charge on any atom is 0.252 e. The number of fused-ring (bicyclic) bond motifs is 1. The second kappa shape index (κ2) is 6.86. The molecule has 1 amide bonds. The zero-order valence-electron chi connectivity index (χ0n) is 13.2. The van der Waals surface area contributed by atoms with Crippen molar-refractivity contribution in [2.24, 2.45) is 0 Å². The molecule has 124 valence electrons. The molecular formula is C16H15BrClN5O. The summed E-state index contributed by atoms with van der Waals surface area (Å²) in [6.07, 6.45) is 0.0932. The molecule has 0 saturated heterocycles. The molecule has 3 rings (SSSR count). The van der Waals surface area contributed by atoms with Gasteiger partial charge in [-0.3, -0.25) is 4.79 Å². The Balaban J connectivity index is 1.67. The van der Waals surface area contributed by atoms with Crippen molar-refractivity contribution in [3.63, 3.8) is 0 Å². The molecule has 24 heavy (non-hydrogen) atoms. The number of carbonyl (C=O) groups is 1. The molecule has 3 aromatic rings. The summed E-state index contributed by atoms with van der Waals surface area (Å²) in [5.41, 5.74) is 2.65. The molecule has 0 fully saturated rings. The number of aryl methyl sites for hydroxylation is 2. The van der Waals surface area contributed by atoms with Gasteiger partial charge in [0.2, 0.25) is 5.91 Å². The van der Waals surface area contributed by atoms with Crippen LogP contribution < -0.4 is 5.32 Å². The Morgan fingerprint density at radius 1 is 1.29 bits per heavy atom. The van der Waals surface area contributed by atoms with E-state index in [-0.39, 0.29) is 12.3 Å². The van der Waals surface area contributed by atoms with E-state index in [1.165, 1.54) is 0 Å². The monoisotopic (exact) mass is 407 g/mol. The minimum absolute atomic E-state index is 0.0932. The Kier molecular flexibility index (Phi) is 4.82. The fourth-order valence-electron chi connectivity index (χ4n) is 2.35. The van der Waals surface area contributed by atoms with Crippen molar-refractivity contribution in [2.75, 3.05) is 0 Å². The van der Waals surface area contributed by atoms with Gasteiger partial charge in [0.1, 0.15) is 0 Å². The predicted molar refractivity (Wildman–Crippen MR) is 95.0 cm³/mol. The quantitative estimate of drug-likeness (QED) is 0.720. The Morgan fingerprint density at radius 3 is 2.83 bits per heavy atom. The van der Waals surface area contributed by atoms with Crippen molar-refractivity contribution >= 4 is 39.2 Å². The van der Waals surface area contributed by atoms with E-state index in [1.807, 2.05) is 32.0 Å². The van der Waals surface area contributed by atoms with Crippen LogP contribution in [0.15, 0.2) is 28.7 Å². The lowest BCUT2D eigenvalue weighted by atomic mass is 10.2. The molecule has 1 aromatic carbocycles. The minimum Gasteiger partial charge on any atom is -0.352 e. The summed E-state index contributed by atoms with van der Waals surface area (Å²) in [5, 5.41) is 7.76. The summed E-state index contributed by atoms with van der Waals surface area (Å²) in [7, 11) is 0. The second-order valence-corrected chi connectivity index (χ2v) is 6.79. The number of benzene rings is 1. The van der Waals surface area contributed by atoms with Gasteiger partial charge in [0.25, 0.3) is 5.78 Å². The van der Waals surface area contributed by atoms with E-state index in [0.717, 1.165) is 21.4 Å². The van der Waals surface area contributed by atoms with Gasteiger partial charge in [-0.2, -0.15) is 4.98 Å². The lowest BCUT2D eigenvalue weighted by Crippen LogP contribution is -2.25. The number of nitrogens with zero attached hydrogens (tertiary/aromatic N) is 4. The van der Waals surface area contributed by atoms with Crippen LogP contribution in [0.5, 0.6) is 0 Å². The minimum atomic E-state index is -0.167. The Hall–Kier alpha value is -1.99. The summed E-state index contributed by atoms with van der Waals surface area (Å²) in [4.78, 5) is 20.7. The fraction of sp³-hybridized carbons (Fsp3) is 0.250. The zero-order valence-corrected chi connectivity index (χ0v) is 15.5. The van der Waals surface area contributed by atoms with E-state index in [2.05, 4.69) is 36.3 Å². The normalized spacial score (nSPS) is 11.0. The lowest BCUT2D eigenvalue weighted by molar-refractivity contribution is -0.120. The molecule has 0 aliphatic rings. The average molecular weight is 409 g/mol. The van der Waals surface area contributed by atoms with Gasteiger partial charge in [0.05, 0.1) is 6.42 Å². The third-order valence-electron chi connectivity index (χ3n) is 3.47. The maximum atomic E-state index is 12.1. The number of hydrogen-bond acceptors (Lipinski definition) is 4. The first-order valence-corrected chi connectivity index (χ1v) is 8.50. The number of halogens is 2. The van der Waals surface area contributed by atoms with Crippen molar-refractivity contribution in [1.29, 1.82) is 0 Å². The van der Waals surface area contributed by atoms with E-state index in [1.54, 1.807) is 10.6 Å². The van der Waals surface area contributed by atoms with Gasteiger partial charge in [0.15, 0.2) is 5.82 Å². The van der Waals surface area contributed by atoms with E-state index in [4.69, 9.17) is 11.6 Å². The molecular weight excluding hydrogens is 394 g/mol. The van der Waals surface area contributed by atoms with Crippen LogP contribution in [0.4, 0.5) is 0 Å². The molecule has 0 atom stereocenters. The van der Waals surface area contributed by atoms with Gasteiger partial charge < -0.3 is 5.32 Å². The first-order valence-electron chi connectivity index (χ1n) is 7.33. The van der Waals surface area contributed by atoms with Gasteiger partial charge >= 0.3 is 0 Å². The molecule has 0 saturated carbocycles. The highest BCUT2D eigenvalue weighted by molar-refractivity contribution is 9.10. The van der Waals surface area contributed by atoms with E-state index < -0.39 is 0 Å². The summed E-state index contributed by atoms with van der Waals surface area (Å²) in [6, 6.07) is 7.46. The molecule has 0 bridgehead atoms. The van der Waals surface area contributed by atoms with Crippen LogP contribution in [0.25, 0.3) is 5.78 Å². The summed E-state index contributed by atoms with van der Waals surface area (Å²) in [6.45, 7) is 4.18. The van der Waals surface area contributed by atoms with Crippen molar-refractivity contribution in [3.8, 4) is 0 Å². The Labute approximate surface area is 152 Å². The average Bonchev–Trinajstić information content (AvgIpc) is 2.89. The number of rotatable bonds is 4. The van der Waals surface area contributed by atoms with Gasteiger partial charge in [-0.1, -0.05) is 33.6 Å². The third kappa shape index (κ3) is 3.73. The van der Waals surface area contributed by atoms with E-state index in [9.17, 15) is 4.79 Å². The highest BCUT2D eigenvalue weighted by Gasteiger charge is 2.12. The highest BCUT2D eigenvalue weighted by atomic mass is 79.9. The van der Waals surface area contributed by atoms with Crippen molar-refractivity contribution < 1.29 is 4.79 Å². The topological polar surface area (TPSA) is 72.2 Å². The molecule has 1 N–H and O–H groups in total. The zero-order chi connectivity index (χ0) is 17.3. The van der Waals surface area contributed by atoms with E-state index in [0.29, 0.717) is 23.2 Å². The maximum absolute atomic E-state index is 12.1. The molecule has 0 spiro atoms. The number of hydrogen-bond donors (Lipinski definition) is 1. The predicted octanol–water partition coefficient (Wildman–Crippen LogP) is 3.02. The summed E-state index contributed by atoms with van der Waals surface area (Å²) >= 11 is 9.49. The molecule has 6 nitrogen and oxygen atoms in total. The number of carbonyl (C=O) groups excluding carboxylic acids is 1. The third-order valence-corrected chi connectivity index (χ3v) is 4.32. The fourth-order valence-corrected chi connectivity index (χ4v) is 3.09. The number of aromatic nitrogens is 4. The van der Waals surface area contributed by atoms with Crippen LogP contribution >= 0.6 is 27.5 Å². The van der Waals surface area contributed by atoms with Crippen LogP contribution in [0, 0.1) is 13.8 Å². The van der Waals surface area contributed by atoms with E-state index >= 15 is 0 Å². The SMILES string of the molecule is Cc1cc(C)n2nc(CC(=O)NCc3ccc(Br)cc3Cl)nc2n1. The van der Waals surface area contributed by atoms with Gasteiger partial charge in [-0.25, -0.2) is 9.50 Å². The number of nitrogens with one attached hydrogen (secondary N) is 1. The summed E-state index contributed by atoms with van der Waals surface area (Å²) < 4.78 is 2.54. The smallest absolute Gasteiger partial charge is 0.252 e. The van der Waals surface area contributed by atoms with Gasteiger partial charge in [-0.05, 0) is 37.6 Å². The molecule has 2 heterocycles. The Morgan fingerprint density at radius 2 is 2.08 bits per heavy atom. The van der Waals surface area contributed by atoms with Crippen LogP contribution in [0.3, 0.4) is 0 Å². The first-order chi connectivity index (χ1) is 11.4. The van der Waals surface area contributed by atoms with Crippen LogP contribution in [0.2, 0.25) is 5.02 Å². The number of amides is 1. The standard InChI is InChI=1S/C16H15BrClN5O/c1-9-5-10(2)23-16(20-9)21-14(22-23)7-15(24)19-8-11-3-4-12(17)6-13(11)18/h3-6H,7-8H2,1-2H3,(H,19,24). The molecule has 8 heteroatoms. The van der Waals surface area contributed by atoms with Crippen LogP contribution in [0.1, 0.15) is 22.8 Å². The largest absolute Gasteiger partial charge is 0.352 e. The molecule has 0 radical (unpaired) electrons. The molecule has 0 aliphatic carbocycles. The van der Waals surface area contributed by atoms with Crippen molar-refractivity contribution in [3.05, 3.63) is 56.5 Å². The highest BCUT2D eigenvalue weighted by Crippen LogP contribution is 2.21. The molecule has 0 unspecified atom stereocenters. The van der Waals surface area contributed by atoms with Crippen molar-refractivity contribution in [2.45, 2.75) is 26.8 Å².